The second-order valence-electron chi connectivity index (χ2n) is 8.57. The van der Waals surface area contributed by atoms with Crippen molar-refractivity contribution >= 4 is 11.5 Å². The summed E-state index contributed by atoms with van der Waals surface area (Å²) in [5.41, 5.74) is 7.01. The largest absolute Gasteiger partial charge is 0.361 e. The molecule has 7 heteroatoms. The zero-order valence-electron chi connectivity index (χ0n) is 18.7. The highest BCUT2D eigenvalue weighted by Gasteiger charge is 2.20. The van der Waals surface area contributed by atoms with Gasteiger partial charge in [-0.1, -0.05) is 30.3 Å². The fraction of sp³-hybridized carbons (Fsp3) is 0.185. The van der Waals surface area contributed by atoms with Crippen LogP contribution in [-0.2, 0) is 13.1 Å². The molecule has 1 fully saturated rings. The number of imidazole rings is 1. The molecule has 0 atom stereocenters. The van der Waals surface area contributed by atoms with Gasteiger partial charge in [-0.2, -0.15) is 0 Å². The number of benzene rings is 1. The summed E-state index contributed by atoms with van der Waals surface area (Å²) in [5.74, 6) is 0.719. The summed E-state index contributed by atoms with van der Waals surface area (Å²) in [5, 5.41) is 7.01. The minimum atomic E-state index is 0.564. The van der Waals surface area contributed by atoms with Gasteiger partial charge in [-0.05, 0) is 42.7 Å². The minimum absolute atomic E-state index is 0.564. The molecule has 1 aliphatic rings. The number of rotatable bonds is 8. The van der Waals surface area contributed by atoms with Crippen molar-refractivity contribution in [3.63, 3.8) is 0 Å². The van der Waals surface area contributed by atoms with Crippen LogP contribution in [0.3, 0.4) is 0 Å². The third-order valence-electron chi connectivity index (χ3n) is 6.05. The van der Waals surface area contributed by atoms with Crippen molar-refractivity contribution in [1.29, 1.82) is 0 Å². The van der Waals surface area contributed by atoms with Gasteiger partial charge in [0.2, 0.25) is 0 Å². The molecule has 5 aromatic rings. The number of aromatic nitrogens is 5. The van der Waals surface area contributed by atoms with E-state index in [4.69, 9.17) is 9.97 Å². The molecule has 0 bridgehead atoms. The second kappa shape index (κ2) is 9.03. The van der Waals surface area contributed by atoms with E-state index >= 15 is 0 Å². The molecule has 0 unspecified atom stereocenters. The fourth-order valence-corrected chi connectivity index (χ4v) is 4.00. The summed E-state index contributed by atoms with van der Waals surface area (Å²) in [6, 6.07) is 19.2. The molecule has 0 radical (unpaired) electrons. The summed E-state index contributed by atoms with van der Waals surface area (Å²) < 4.78 is 2.11. The van der Waals surface area contributed by atoms with E-state index in [1.807, 2.05) is 42.7 Å². The molecule has 0 aliphatic heterocycles. The number of pyridine rings is 2. The third-order valence-corrected chi connectivity index (χ3v) is 6.05. The first kappa shape index (κ1) is 20.5. The summed E-state index contributed by atoms with van der Waals surface area (Å²) in [6.45, 7) is 1.48. The Kier molecular flexibility index (Phi) is 5.45. The molecular weight excluding hydrogens is 422 g/mol. The second-order valence-corrected chi connectivity index (χ2v) is 8.57. The average molecular weight is 448 g/mol. The molecule has 0 spiro atoms. The molecule has 4 aromatic heterocycles. The van der Waals surface area contributed by atoms with Crippen LogP contribution in [0.4, 0.5) is 5.82 Å². The number of nitrogens with zero attached hydrogens (tertiary/aromatic N) is 5. The molecule has 7 nitrogen and oxygen atoms in total. The molecule has 1 saturated carbocycles. The molecule has 6 rings (SSSR count). The lowest BCUT2D eigenvalue weighted by Crippen LogP contribution is -2.15. The summed E-state index contributed by atoms with van der Waals surface area (Å²) in [4.78, 5) is 18.2. The van der Waals surface area contributed by atoms with Gasteiger partial charge < -0.3 is 10.6 Å². The molecule has 0 amide bonds. The van der Waals surface area contributed by atoms with Crippen molar-refractivity contribution in [2.24, 2.45) is 0 Å². The van der Waals surface area contributed by atoms with Crippen LogP contribution in [0.5, 0.6) is 0 Å². The van der Waals surface area contributed by atoms with Gasteiger partial charge in [-0.15, -0.1) is 0 Å². The van der Waals surface area contributed by atoms with Crippen LogP contribution < -0.4 is 10.6 Å². The van der Waals surface area contributed by atoms with Crippen LogP contribution in [0.15, 0.2) is 85.6 Å². The molecule has 1 aliphatic carbocycles. The molecule has 4 heterocycles. The SMILES string of the molecule is c1ccc(CNc2nc(-c3ccncc3)cn3c(-c4ccc(CNC5CC5)cc4)cnc23)nc1. The molecular formula is C27H25N7. The smallest absolute Gasteiger partial charge is 0.180 e. The first-order valence-electron chi connectivity index (χ1n) is 11.6. The maximum atomic E-state index is 4.90. The zero-order chi connectivity index (χ0) is 22.7. The Hall–Kier alpha value is -4.10. The van der Waals surface area contributed by atoms with Crippen LogP contribution in [0, 0.1) is 0 Å². The number of anilines is 1. The zero-order valence-corrected chi connectivity index (χ0v) is 18.7. The Balaban J connectivity index is 1.37. The van der Waals surface area contributed by atoms with Crippen molar-refractivity contribution < 1.29 is 0 Å². The molecule has 2 N–H and O–H groups in total. The molecule has 0 saturated heterocycles. The third kappa shape index (κ3) is 4.38. The van der Waals surface area contributed by atoms with E-state index in [2.05, 4.69) is 49.3 Å². The van der Waals surface area contributed by atoms with Crippen LogP contribution in [0.25, 0.3) is 28.2 Å². The highest BCUT2D eigenvalue weighted by Crippen LogP contribution is 2.28. The maximum Gasteiger partial charge on any atom is 0.180 e. The van der Waals surface area contributed by atoms with Gasteiger partial charge in [-0.3, -0.25) is 14.4 Å². The van der Waals surface area contributed by atoms with Crippen molar-refractivity contribution in [2.45, 2.75) is 32.0 Å². The predicted octanol–water partition coefficient (Wildman–Crippen LogP) is 4.72. The topological polar surface area (TPSA) is 80.0 Å². The molecule has 1 aromatic carbocycles. The highest BCUT2D eigenvalue weighted by atomic mass is 15.1. The number of nitrogens with one attached hydrogen (secondary N) is 2. The Labute approximate surface area is 198 Å². The highest BCUT2D eigenvalue weighted by molar-refractivity contribution is 5.74. The Morgan fingerprint density at radius 3 is 2.47 bits per heavy atom. The lowest BCUT2D eigenvalue weighted by Gasteiger charge is -2.11. The van der Waals surface area contributed by atoms with Gasteiger partial charge >= 0.3 is 0 Å². The summed E-state index contributed by atoms with van der Waals surface area (Å²) in [7, 11) is 0. The van der Waals surface area contributed by atoms with Crippen LogP contribution in [0.1, 0.15) is 24.1 Å². The van der Waals surface area contributed by atoms with Gasteiger partial charge in [0, 0.05) is 48.5 Å². The van der Waals surface area contributed by atoms with Gasteiger partial charge in [0.25, 0.3) is 0 Å². The lowest BCUT2D eigenvalue weighted by atomic mass is 10.1. The van der Waals surface area contributed by atoms with Crippen molar-refractivity contribution in [3.8, 4) is 22.5 Å². The summed E-state index contributed by atoms with van der Waals surface area (Å²) >= 11 is 0. The summed E-state index contributed by atoms with van der Waals surface area (Å²) in [6.07, 6.45) is 11.9. The first-order chi connectivity index (χ1) is 16.8. The quantitative estimate of drug-likeness (QED) is 0.358. The van der Waals surface area contributed by atoms with Crippen LogP contribution >= 0.6 is 0 Å². The van der Waals surface area contributed by atoms with Gasteiger partial charge in [0.1, 0.15) is 0 Å². The Morgan fingerprint density at radius 1 is 0.853 bits per heavy atom. The van der Waals surface area contributed by atoms with E-state index in [0.29, 0.717) is 12.6 Å². The van der Waals surface area contributed by atoms with E-state index in [0.717, 1.165) is 46.2 Å². The van der Waals surface area contributed by atoms with Crippen molar-refractivity contribution in [1.82, 2.24) is 29.7 Å². The van der Waals surface area contributed by atoms with E-state index in [1.165, 1.54) is 18.4 Å². The van der Waals surface area contributed by atoms with Crippen molar-refractivity contribution in [3.05, 3.63) is 96.8 Å². The van der Waals surface area contributed by atoms with Gasteiger partial charge in [-0.25, -0.2) is 9.97 Å². The molecule has 168 valence electrons. The Morgan fingerprint density at radius 2 is 1.71 bits per heavy atom. The number of hydrogen-bond donors (Lipinski definition) is 2. The first-order valence-corrected chi connectivity index (χ1v) is 11.6. The standard InChI is InChI=1S/C27H25N7/c1-2-12-29-23(3-1)16-31-26-27-32-17-25(21-6-4-19(5-7-21)15-30-22-8-9-22)34(27)18-24(33-26)20-10-13-28-14-11-20/h1-7,10-14,17-18,22,30H,8-9,15-16H2,(H,31,33). The molecule has 34 heavy (non-hydrogen) atoms. The average Bonchev–Trinajstić information content (AvgIpc) is 3.64. The van der Waals surface area contributed by atoms with Crippen LogP contribution in [0.2, 0.25) is 0 Å². The van der Waals surface area contributed by atoms with Gasteiger partial charge in [0.15, 0.2) is 11.5 Å². The Bertz CT molecular complexity index is 1390. The number of hydrogen-bond acceptors (Lipinski definition) is 6. The number of fused-ring (bicyclic) bond motifs is 1. The van der Waals surface area contributed by atoms with E-state index in [1.54, 1.807) is 18.6 Å². The fourth-order valence-electron chi connectivity index (χ4n) is 4.00. The maximum absolute atomic E-state index is 4.90. The predicted molar refractivity (Wildman–Crippen MR) is 133 cm³/mol. The van der Waals surface area contributed by atoms with E-state index in [-0.39, 0.29) is 0 Å². The minimum Gasteiger partial charge on any atom is -0.361 e. The monoisotopic (exact) mass is 447 g/mol. The van der Waals surface area contributed by atoms with E-state index < -0.39 is 0 Å². The van der Waals surface area contributed by atoms with E-state index in [9.17, 15) is 0 Å². The van der Waals surface area contributed by atoms with Gasteiger partial charge in [0.05, 0.1) is 29.8 Å². The lowest BCUT2D eigenvalue weighted by molar-refractivity contribution is 0.688. The van der Waals surface area contributed by atoms with Crippen molar-refractivity contribution in [2.75, 3.05) is 5.32 Å². The normalized spacial score (nSPS) is 13.3. The van der Waals surface area contributed by atoms with Crippen LogP contribution in [-0.4, -0.2) is 30.4 Å².